The van der Waals surface area contributed by atoms with Crippen LogP contribution in [0.15, 0.2) is 24.3 Å². The van der Waals surface area contributed by atoms with Crippen LogP contribution in [0.3, 0.4) is 0 Å². The van der Waals surface area contributed by atoms with Crippen molar-refractivity contribution in [3.8, 4) is 0 Å². The number of halogens is 1. The first-order valence-corrected chi connectivity index (χ1v) is 6.49. The van der Waals surface area contributed by atoms with Crippen molar-refractivity contribution in [2.45, 2.75) is 33.2 Å². The van der Waals surface area contributed by atoms with Crippen molar-refractivity contribution >= 4 is 0 Å². The number of rotatable bonds is 6. The molecule has 0 aliphatic heterocycles. The summed E-state index contributed by atoms with van der Waals surface area (Å²) in [4.78, 5) is 2.25. The average molecular weight is 252 g/mol. The van der Waals surface area contributed by atoms with Crippen molar-refractivity contribution in [1.29, 1.82) is 0 Å². The highest BCUT2D eigenvalue weighted by Crippen LogP contribution is 2.18. The minimum Gasteiger partial charge on any atom is -0.330 e. The molecule has 0 bridgehead atoms. The maximum Gasteiger partial charge on any atom is 0.126 e. The van der Waals surface area contributed by atoms with Crippen molar-refractivity contribution in [3.05, 3.63) is 35.6 Å². The van der Waals surface area contributed by atoms with E-state index >= 15 is 0 Å². The molecule has 1 aromatic carbocycles. The molecule has 0 heterocycles. The van der Waals surface area contributed by atoms with Gasteiger partial charge in [0.05, 0.1) is 0 Å². The number of hydrogen-bond donors (Lipinski definition) is 1. The Balaban J connectivity index is 2.60. The second-order valence-corrected chi connectivity index (χ2v) is 5.93. The Labute approximate surface area is 110 Å². The van der Waals surface area contributed by atoms with Crippen molar-refractivity contribution < 1.29 is 4.39 Å². The molecular formula is C15H25FN2. The van der Waals surface area contributed by atoms with Crippen LogP contribution < -0.4 is 5.73 Å². The zero-order chi connectivity index (χ0) is 13.8. The van der Waals surface area contributed by atoms with Crippen LogP contribution in [0.25, 0.3) is 0 Å². The van der Waals surface area contributed by atoms with E-state index in [4.69, 9.17) is 5.73 Å². The van der Waals surface area contributed by atoms with E-state index in [9.17, 15) is 4.39 Å². The fourth-order valence-electron chi connectivity index (χ4n) is 2.03. The summed E-state index contributed by atoms with van der Waals surface area (Å²) in [7, 11) is 2.07. The van der Waals surface area contributed by atoms with Crippen LogP contribution in [0.2, 0.25) is 0 Å². The number of benzene rings is 1. The molecule has 1 rings (SSSR count). The van der Waals surface area contributed by atoms with Crippen LogP contribution in [-0.2, 0) is 6.42 Å². The molecule has 0 aliphatic rings. The number of likely N-dealkylation sites (N-methyl/N-ethyl adjacent to an activating group) is 1. The van der Waals surface area contributed by atoms with Crippen LogP contribution in [0.4, 0.5) is 4.39 Å². The summed E-state index contributed by atoms with van der Waals surface area (Å²) in [5.74, 6) is -0.115. The molecule has 0 aromatic heterocycles. The molecule has 0 saturated carbocycles. The third kappa shape index (κ3) is 4.39. The van der Waals surface area contributed by atoms with Crippen LogP contribution in [-0.4, -0.2) is 31.1 Å². The molecule has 0 saturated heterocycles. The topological polar surface area (TPSA) is 29.3 Å². The second-order valence-electron chi connectivity index (χ2n) is 5.93. The van der Waals surface area contributed by atoms with E-state index in [1.54, 1.807) is 6.07 Å². The van der Waals surface area contributed by atoms with E-state index in [1.807, 2.05) is 12.1 Å². The van der Waals surface area contributed by atoms with Gasteiger partial charge in [-0.1, -0.05) is 32.0 Å². The lowest BCUT2D eigenvalue weighted by Crippen LogP contribution is -2.41. The molecule has 0 spiro atoms. The summed E-state index contributed by atoms with van der Waals surface area (Å²) in [6.07, 6.45) is 0.726. The highest BCUT2D eigenvalue weighted by molar-refractivity contribution is 5.18. The first kappa shape index (κ1) is 15.1. The second kappa shape index (κ2) is 6.30. The molecule has 0 radical (unpaired) electrons. The molecule has 0 amide bonds. The Bertz CT molecular complexity index is 377. The standard InChI is InChI=1S/C15H25FN2/c1-12(18(4)11-15(2,3)10-17)9-13-7-5-6-8-14(13)16/h5-8,12H,9-11,17H2,1-4H3. The average Bonchev–Trinajstić information content (AvgIpc) is 2.31. The lowest BCUT2D eigenvalue weighted by molar-refractivity contribution is 0.172. The van der Waals surface area contributed by atoms with Gasteiger partial charge < -0.3 is 10.6 Å². The van der Waals surface area contributed by atoms with Crippen molar-refractivity contribution in [2.75, 3.05) is 20.1 Å². The summed E-state index contributed by atoms with van der Waals surface area (Å²) < 4.78 is 13.6. The SMILES string of the molecule is CC(Cc1ccccc1F)N(C)CC(C)(C)CN. The van der Waals surface area contributed by atoms with E-state index in [1.165, 1.54) is 6.07 Å². The summed E-state index contributed by atoms with van der Waals surface area (Å²) in [6.45, 7) is 8.00. The van der Waals surface area contributed by atoms with Gasteiger partial charge in [-0.25, -0.2) is 4.39 Å². The van der Waals surface area contributed by atoms with E-state index in [2.05, 4.69) is 32.7 Å². The first-order valence-electron chi connectivity index (χ1n) is 6.49. The Morgan fingerprint density at radius 2 is 1.94 bits per heavy atom. The van der Waals surface area contributed by atoms with E-state index in [0.29, 0.717) is 12.6 Å². The quantitative estimate of drug-likeness (QED) is 0.843. The maximum absolute atomic E-state index is 13.6. The molecular weight excluding hydrogens is 227 g/mol. The fourth-order valence-corrected chi connectivity index (χ4v) is 2.03. The highest BCUT2D eigenvalue weighted by atomic mass is 19.1. The molecule has 3 heteroatoms. The van der Waals surface area contributed by atoms with Gasteiger partial charge in [0, 0.05) is 12.6 Å². The Morgan fingerprint density at radius 3 is 2.50 bits per heavy atom. The minimum atomic E-state index is -0.115. The molecule has 2 N–H and O–H groups in total. The number of nitrogens with two attached hydrogens (primary N) is 1. The Morgan fingerprint density at radius 1 is 1.33 bits per heavy atom. The molecule has 18 heavy (non-hydrogen) atoms. The van der Waals surface area contributed by atoms with Crippen LogP contribution in [0, 0.1) is 11.2 Å². The van der Waals surface area contributed by atoms with E-state index in [0.717, 1.165) is 18.5 Å². The number of hydrogen-bond acceptors (Lipinski definition) is 2. The lowest BCUT2D eigenvalue weighted by Gasteiger charge is -2.33. The zero-order valence-corrected chi connectivity index (χ0v) is 11.9. The smallest absolute Gasteiger partial charge is 0.126 e. The summed E-state index contributed by atoms with van der Waals surface area (Å²) >= 11 is 0. The summed E-state index contributed by atoms with van der Waals surface area (Å²) in [5.41, 5.74) is 6.62. The van der Waals surface area contributed by atoms with Crippen molar-refractivity contribution in [2.24, 2.45) is 11.1 Å². The van der Waals surface area contributed by atoms with Crippen molar-refractivity contribution in [3.63, 3.8) is 0 Å². The predicted molar refractivity (Wildman–Crippen MR) is 75.0 cm³/mol. The predicted octanol–water partition coefficient (Wildman–Crippen LogP) is 2.67. The monoisotopic (exact) mass is 252 g/mol. The van der Waals surface area contributed by atoms with E-state index in [-0.39, 0.29) is 11.2 Å². The molecule has 1 atom stereocenters. The van der Waals surface area contributed by atoms with Crippen molar-refractivity contribution in [1.82, 2.24) is 4.90 Å². The molecule has 0 aliphatic carbocycles. The Kier molecular flexibility index (Phi) is 5.29. The number of nitrogens with zero attached hydrogens (tertiary/aromatic N) is 1. The minimum absolute atomic E-state index is 0.0955. The molecule has 1 aromatic rings. The third-order valence-corrected chi connectivity index (χ3v) is 3.46. The van der Waals surface area contributed by atoms with Gasteiger partial charge in [-0.3, -0.25) is 0 Å². The molecule has 2 nitrogen and oxygen atoms in total. The summed E-state index contributed by atoms with van der Waals surface area (Å²) in [5, 5.41) is 0. The molecule has 102 valence electrons. The lowest BCUT2D eigenvalue weighted by atomic mass is 9.92. The van der Waals surface area contributed by atoms with Crippen LogP contribution in [0.1, 0.15) is 26.3 Å². The van der Waals surface area contributed by atoms with Gasteiger partial charge in [-0.15, -0.1) is 0 Å². The van der Waals surface area contributed by atoms with Gasteiger partial charge in [-0.05, 0) is 44.0 Å². The third-order valence-electron chi connectivity index (χ3n) is 3.46. The normalized spacial score (nSPS) is 13.9. The van der Waals surface area contributed by atoms with Gasteiger partial charge in [0.25, 0.3) is 0 Å². The van der Waals surface area contributed by atoms with E-state index < -0.39 is 0 Å². The van der Waals surface area contributed by atoms with Crippen LogP contribution >= 0.6 is 0 Å². The first-order chi connectivity index (χ1) is 8.35. The maximum atomic E-state index is 13.6. The Hall–Kier alpha value is -0.930. The van der Waals surface area contributed by atoms with Crippen LogP contribution in [0.5, 0.6) is 0 Å². The van der Waals surface area contributed by atoms with Gasteiger partial charge in [-0.2, -0.15) is 0 Å². The highest BCUT2D eigenvalue weighted by Gasteiger charge is 2.21. The summed E-state index contributed by atoms with van der Waals surface area (Å²) in [6, 6.07) is 7.28. The van der Waals surface area contributed by atoms with Gasteiger partial charge in [0.1, 0.15) is 5.82 Å². The fraction of sp³-hybridized carbons (Fsp3) is 0.600. The van der Waals surface area contributed by atoms with Gasteiger partial charge >= 0.3 is 0 Å². The van der Waals surface area contributed by atoms with Gasteiger partial charge in [0.15, 0.2) is 0 Å². The largest absolute Gasteiger partial charge is 0.330 e. The van der Waals surface area contributed by atoms with Gasteiger partial charge in [0.2, 0.25) is 0 Å². The zero-order valence-electron chi connectivity index (χ0n) is 11.9. The molecule has 0 fully saturated rings. The molecule has 1 unspecified atom stereocenters.